The first-order valence-corrected chi connectivity index (χ1v) is 5.97. The van der Waals surface area contributed by atoms with E-state index >= 15 is 0 Å². The predicted molar refractivity (Wildman–Crippen MR) is 58.8 cm³/mol. The van der Waals surface area contributed by atoms with Gasteiger partial charge in [0.15, 0.2) is 0 Å². The summed E-state index contributed by atoms with van der Waals surface area (Å²) in [6, 6.07) is 0.747. The van der Waals surface area contributed by atoms with Gasteiger partial charge in [0.2, 0.25) is 0 Å². The number of carboxylic acid groups (broad SMARTS) is 1. The Morgan fingerprint density at radius 1 is 1.40 bits per heavy atom. The molecule has 3 nitrogen and oxygen atoms in total. The first kappa shape index (κ1) is 10.9. The van der Waals surface area contributed by atoms with Gasteiger partial charge in [-0.3, -0.25) is 9.69 Å². The molecule has 2 aliphatic rings. The molecule has 15 heavy (non-hydrogen) atoms. The zero-order valence-corrected chi connectivity index (χ0v) is 9.70. The topological polar surface area (TPSA) is 40.5 Å². The molecule has 0 aromatic heterocycles. The quantitative estimate of drug-likeness (QED) is 0.777. The molecule has 1 unspecified atom stereocenters. The second-order valence-electron chi connectivity index (χ2n) is 5.70. The van der Waals surface area contributed by atoms with Crippen LogP contribution in [0.15, 0.2) is 0 Å². The van der Waals surface area contributed by atoms with Gasteiger partial charge in [-0.2, -0.15) is 0 Å². The second kappa shape index (κ2) is 3.78. The number of carboxylic acids is 1. The van der Waals surface area contributed by atoms with Gasteiger partial charge in [-0.1, -0.05) is 0 Å². The zero-order valence-electron chi connectivity index (χ0n) is 9.70. The summed E-state index contributed by atoms with van der Waals surface area (Å²) in [6.45, 7) is 5.58. The number of likely N-dealkylation sites (tertiary alicyclic amines) is 1. The summed E-state index contributed by atoms with van der Waals surface area (Å²) >= 11 is 0. The Kier molecular flexibility index (Phi) is 2.75. The molecule has 0 radical (unpaired) electrons. The molecule has 1 aliphatic heterocycles. The van der Waals surface area contributed by atoms with Crippen LogP contribution in [0.1, 0.15) is 46.0 Å². The first-order valence-electron chi connectivity index (χ1n) is 5.97. The van der Waals surface area contributed by atoms with E-state index in [-0.39, 0.29) is 5.54 Å². The number of carbonyl (C=O) groups is 1. The maximum Gasteiger partial charge on any atom is 0.303 e. The van der Waals surface area contributed by atoms with Crippen LogP contribution in [0.5, 0.6) is 0 Å². The summed E-state index contributed by atoms with van der Waals surface area (Å²) in [5.41, 5.74) is 0.288. The Hall–Kier alpha value is -0.570. The number of hydrogen-bond donors (Lipinski definition) is 1. The van der Waals surface area contributed by atoms with Crippen LogP contribution in [0.4, 0.5) is 0 Å². The van der Waals surface area contributed by atoms with E-state index in [1.807, 2.05) is 0 Å². The molecule has 0 aromatic carbocycles. The van der Waals surface area contributed by atoms with E-state index < -0.39 is 5.97 Å². The molecule has 0 amide bonds. The van der Waals surface area contributed by atoms with Crippen molar-refractivity contribution in [2.45, 2.75) is 57.5 Å². The van der Waals surface area contributed by atoms with Gasteiger partial charge in [-0.25, -0.2) is 0 Å². The highest BCUT2D eigenvalue weighted by Crippen LogP contribution is 2.40. The lowest BCUT2D eigenvalue weighted by Gasteiger charge is -2.45. The van der Waals surface area contributed by atoms with Crippen molar-refractivity contribution in [3.8, 4) is 0 Å². The molecule has 1 atom stereocenters. The van der Waals surface area contributed by atoms with Crippen LogP contribution in [0.3, 0.4) is 0 Å². The minimum absolute atomic E-state index is 0.288. The average molecular weight is 211 g/mol. The van der Waals surface area contributed by atoms with Gasteiger partial charge >= 0.3 is 5.97 Å². The molecular weight excluding hydrogens is 190 g/mol. The van der Waals surface area contributed by atoms with Gasteiger partial charge < -0.3 is 5.11 Å². The summed E-state index contributed by atoms with van der Waals surface area (Å²) in [4.78, 5) is 13.2. The van der Waals surface area contributed by atoms with Crippen molar-refractivity contribution in [2.75, 3.05) is 6.54 Å². The largest absolute Gasteiger partial charge is 0.481 e. The van der Waals surface area contributed by atoms with Crippen LogP contribution in [0.25, 0.3) is 0 Å². The summed E-state index contributed by atoms with van der Waals surface area (Å²) in [5, 5.41) is 8.82. The van der Waals surface area contributed by atoms with E-state index in [1.165, 1.54) is 12.8 Å². The molecule has 2 rings (SSSR count). The Bertz CT molecular complexity index is 258. The Balaban J connectivity index is 1.96. The molecule has 1 saturated carbocycles. The van der Waals surface area contributed by atoms with E-state index in [1.54, 1.807) is 0 Å². The molecule has 1 heterocycles. The van der Waals surface area contributed by atoms with Crippen LogP contribution in [0, 0.1) is 5.92 Å². The Morgan fingerprint density at radius 3 is 2.60 bits per heavy atom. The highest BCUT2D eigenvalue weighted by Gasteiger charge is 2.42. The standard InChI is InChI=1S/C12H21NO2/c1-12(2)6-5-9(7-11(14)15)8-13(12)10-3-4-10/h9-10H,3-8H2,1-2H3,(H,14,15). The second-order valence-corrected chi connectivity index (χ2v) is 5.70. The summed E-state index contributed by atoms with van der Waals surface area (Å²) in [5.74, 6) is -0.272. The fraction of sp³-hybridized carbons (Fsp3) is 0.917. The van der Waals surface area contributed by atoms with E-state index in [4.69, 9.17) is 5.11 Å². The lowest BCUT2D eigenvalue weighted by Crippen LogP contribution is -2.51. The molecule has 0 aromatic rings. The van der Waals surface area contributed by atoms with Gasteiger partial charge in [0.1, 0.15) is 0 Å². The van der Waals surface area contributed by atoms with Crippen molar-refractivity contribution in [3.63, 3.8) is 0 Å². The lowest BCUT2D eigenvalue weighted by molar-refractivity contribution is -0.139. The third-order valence-corrected chi connectivity index (χ3v) is 3.85. The van der Waals surface area contributed by atoms with Crippen molar-refractivity contribution in [2.24, 2.45) is 5.92 Å². The van der Waals surface area contributed by atoms with Crippen LogP contribution in [-0.2, 0) is 4.79 Å². The van der Waals surface area contributed by atoms with Gasteiger partial charge in [0.05, 0.1) is 0 Å². The van der Waals surface area contributed by atoms with Crippen molar-refractivity contribution in [1.29, 1.82) is 0 Å². The monoisotopic (exact) mass is 211 g/mol. The molecule has 2 fully saturated rings. The third kappa shape index (κ3) is 2.51. The zero-order chi connectivity index (χ0) is 11.1. The van der Waals surface area contributed by atoms with Gasteiger partial charge in [0, 0.05) is 24.5 Å². The SMILES string of the molecule is CC1(C)CCC(CC(=O)O)CN1C1CC1. The summed E-state index contributed by atoms with van der Waals surface area (Å²) in [6.07, 6.45) is 5.18. The normalized spacial score (nSPS) is 31.5. The van der Waals surface area contributed by atoms with Crippen LogP contribution in [0.2, 0.25) is 0 Å². The maximum absolute atomic E-state index is 10.7. The number of rotatable bonds is 3. The van der Waals surface area contributed by atoms with Crippen LogP contribution < -0.4 is 0 Å². The molecule has 86 valence electrons. The minimum atomic E-state index is -0.643. The molecule has 0 bridgehead atoms. The molecule has 1 aliphatic carbocycles. The van der Waals surface area contributed by atoms with Crippen LogP contribution >= 0.6 is 0 Å². The Labute approximate surface area is 91.5 Å². The molecule has 3 heteroatoms. The maximum atomic E-state index is 10.7. The number of hydrogen-bond acceptors (Lipinski definition) is 2. The van der Waals surface area contributed by atoms with Gasteiger partial charge in [-0.05, 0) is 45.4 Å². The number of piperidine rings is 1. The first-order chi connectivity index (χ1) is 6.99. The van der Waals surface area contributed by atoms with Crippen LogP contribution in [-0.4, -0.2) is 34.1 Å². The smallest absolute Gasteiger partial charge is 0.303 e. The fourth-order valence-electron chi connectivity index (χ4n) is 2.76. The summed E-state index contributed by atoms with van der Waals surface area (Å²) in [7, 11) is 0. The number of nitrogens with zero attached hydrogens (tertiary/aromatic N) is 1. The van der Waals surface area contributed by atoms with E-state index in [0.717, 1.165) is 25.4 Å². The average Bonchev–Trinajstić information content (AvgIpc) is 2.90. The summed E-state index contributed by atoms with van der Waals surface area (Å²) < 4.78 is 0. The molecular formula is C12H21NO2. The number of aliphatic carboxylic acids is 1. The lowest BCUT2D eigenvalue weighted by atomic mass is 9.83. The van der Waals surface area contributed by atoms with Crippen molar-refractivity contribution in [1.82, 2.24) is 4.90 Å². The highest BCUT2D eigenvalue weighted by molar-refractivity contribution is 5.67. The van der Waals surface area contributed by atoms with E-state index in [0.29, 0.717) is 12.3 Å². The van der Waals surface area contributed by atoms with E-state index in [9.17, 15) is 4.79 Å². The predicted octanol–water partition coefficient (Wildman–Crippen LogP) is 2.11. The van der Waals surface area contributed by atoms with Crippen molar-refractivity contribution >= 4 is 5.97 Å². The van der Waals surface area contributed by atoms with Gasteiger partial charge in [0.25, 0.3) is 0 Å². The Morgan fingerprint density at radius 2 is 2.07 bits per heavy atom. The highest BCUT2D eigenvalue weighted by atomic mass is 16.4. The van der Waals surface area contributed by atoms with Gasteiger partial charge in [-0.15, -0.1) is 0 Å². The molecule has 0 spiro atoms. The van der Waals surface area contributed by atoms with E-state index in [2.05, 4.69) is 18.7 Å². The fourth-order valence-corrected chi connectivity index (χ4v) is 2.76. The minimum Gasteiger partial charge on any atom is -0.481 e. The van der Waals surface area contributed by atoms with Crippen molar-refractivity contribution < 1.29 is 9.90 Å². The third-order valence-electron chi connectivity index (χ3n) is 3.85. The van der Waals surface area contributed by atoms with Crippen molar-refractivity contribution in [3.05, 3.63) is 0 Å². The molecule has 1 N–H and O–H groups in total. The molecule has 1 saturated heterocycles.